The van der Waals surface area contributed by atoms with Crippen molar-refractivity contribution in [1.82, 2.24) is 24.8 Å². The van der Waals surface area contributed by atoms with Crippen LogP contribution in [0.15, 0.2) is 12.7 Å². The number of amides is 1. The summed E-state index contributed by atoms with van der Waals surface area (Å²) in [5, 5.41) is 24.5. The molecule has 3 atom stereocenters. The first-order valence-corrected chi connectivity index (χ1v) is 7.70. The summed E-state index contributed by atoms with van der Waals surface area (Å²) in [6.07, 6.45) is 6.39. The first kappa shape index (κ1) is 17.1. The Balaban J connectivity index is 1.77. The molecule has 0 spiro atoms. The summed E-state index contributed by atoms with van der Waals surface area (Å²) >= 11 is 0. The highest BCUT2D eigenvalue weighted by molar-refractivity contribution is 5.86. The number of carbonyl (C=O) groups is 1. The van der Waals surface area contributed by atoms with Gasteiger partial charge in [0.25, 0.3) is 0 Å². The van der Waals surface area contributed by atoms with Gasteiger partial charge in [0.1, 0.15) is 18.7 Å². The number of hydrogen-bond acceptors (Lipinski definition) is 8. The maximum Gasteiger partial charge on any atom is 0.240 e. The summed E-state index contributed by atoms with van der Waals surface area (Å²) in [7, 11) is 0. The monoisotopic (exact) mass is 346 g/mol. The van der Waals surface area contributed by atoms with Crippen molar-refractivity contribution in [3.63, 3.8) is 0 Å². The van der Waals surface area contributed by atoms with Crippen molar-refractivity contribution in [3.05, 3.63) is 12.7 Å². The molecule has 3 rings (SSSR count). The van der Waals surface area contributed by atoms with Crippen LogP contribution in [0.1, 0.15) is 12.6 Å². The van der Waals surface area contributed by atoms with E-state index in [1.165, 1.54) is 12.7 Å². The van der Waals surface area contributed by atoms with E-state index in [1.54, 1.807) is 4.57 Å². The van der Waals surface area contributed by atoms with Crippen LogP contribution < -0.4 is 10.6 Å². The van der Waals surface area contributed by atoms with Gasteiger partial charge < -0.3 is 25.6 Å². The topological polar surface area (TPSA) is 134 Å². The first-order valence-electron chi connectivity index (χ1n) is 7.70. The molecule has 0 bridgehead atoms. The Morgan fingerprint density at radius 1 is 1.48 bits per heavy atom. The van der Waals surface area contributed by atoms with Crippen molar-refractivity contribution in [2.75, 3.05) is 25.0 Å². The van der Waals surface area contributed by atoms with E-state index in [9.17, 15) is 15.0 Å². The molecule has 25 heavy (non-hydrogen) atoms. The molecule has 3 heterocycles. The third kappa shape index (κ3) is 3.53. The molecule has 0 aliphatic carbocycles. The lowest BCUT2D eigenvalue weighted by Crippen LogP contribution is -2.30. The maximum absolute atomic E-state index is 11.6. The number of fused-ring (bicyclic) bond motifs is 1. The summed E-state index contributed by atoms with van der Waals surface area (Å²) in [5.74, 6) is 2.45. The standard InChI is InChI=1S/C15H18N6O4/c1-2-3-16-11(24)5-17-14-13-15(19-7-18-14)21(8-20-13)12-4-9(23)10(6-22)25-12/h1,7-10,12,22-23H,3-6H2,(H,16,24)(H,17,18,19)/t9-,10+,12+/m0/s1. The minimum absolute atomic E-state index is 0.00805. The molecule has 10 heteroatoms. The summed E-state index contributed by atoms with van der Waals surface area (Å²) in [6, 6.07) is 0. The average Bonchev–Trinajstić information content (AvgIpc) is 3.21. The Labute approximate surface area is 143 Å². The molecule has 1 amide bonds. The molecule has 10 nitrogen and oxygen atoms in total. The summed E-state index contributed by atoms with van der Waals surface area (Å²) < 4.78 is 7.28. The lowest BCUT2D eigenvalue weighted by molar-refractivity contribution is -0.119. The molecule has 132 valence electrons. The molecular formula is C15H18N6O4. The largest absolute Gasteiger partial charge is 0.394 e. The van der Waals surface area contributed by atoms with Gasteiger partial charge in [0.2, 0.25) is 5.91 Å². The van der Waals surface area contributed by atoms with E-state index in [4.69, 9.17) is 11.2 Å². The smallest absolute Gasteiger partial charge is 0.240 e. The van der Waals surface area contributed by atoms with E-state index in [0.29, 0.717) is 23.4 Å². The summed E-state index contributed by atoms with van der Waals surface area (Å²) in [5.41, 5.74) is 0.968. The fourth-order valence-corrected chi connectivity index (χ4v) is 2.62. The molecule has 0 saturated carbocycles. The highest BCUT2D eigenvalue weighted by atomic mass is 16.5. The minimum Gasteiger partial charge on any atom is -0.394 e. The Morgan fingerprint density at radius 3 is 3.04 bits per heavy atom. The number of aromatic nitrogens is 4. The number of ether oxygens (including phenoxy) is 1. The quantitative estimate of drug-likeness (QED) is 0.471. The third-order valence-corrected chi connectivity index (χ3v) is 3.86. The average molecular weight is 346 g/mol. The van der Waals surface area contributed by atoms with E-state index in [0.717, 1.165) is 0 Å². The van der Waals surface area contributed by atoms with Gasteiger partial charge in [0.15, 0.2) is 17.0 Å². The van der Waals surface area contributed by atoms with Crippen LogP contribution in [0, 0.1) is 12.3 Å². The van der Waals surface area contributed by atoms with Crippen LogP contribution in [0.4, 0.5) is 5.82 Å². The summed E-state index contributed by atoms with van der Waals surface area (Å²) in [6.45, 7) is -0.119. The molecule has 1 fully saturated rings. The number of nitrogens with one attached hydrogen (secondary N) is 2. The molecule has 0 radical (unpaired) electrons. The van der Waals surface area contributed by atoms with Gasteiger partial charge >= 0.3 is 0 Å². The Bertz CT molecular complexity index is 801. The molecule has 2 aromatic heterocycles. The second-order valence-electron chi connectivity index (χ2n) is 5.50. The maximum atomic E-state index is 11.6. The third-order valence-electron chi connectivity index (χ3n) is 3.86. The lowest BCUT2D eigenvalue weighted by atomic mass is 10.2. The minimum atomic E-state index is -0.758. The SMILES string of the molecule is C#CCNC(=O)CNc1ncnc2c1ncn2[C@H]1C[C@H](O)[C@@H](CO)O1. The highest BCUT2D eigenvalue weighted by Gasteiger charge is 2.35. The lowest BCUT2D eigenvalue weighted by Gasteiger charge is -2.13. The highest BCUT2D eigenvalue weighted by Crippen LogP contribution is 2.31. The van der Waals surface area contributed by atoms with Crippen LogP contribution in [0.2, 0.25) is 0 Å². The van der Waals surface area contributed by atoms with E-state index < -0.39 is 18.4 Å². The number of carbonyl (C=O) groups excluding carboxylic acids is 1. The molecule has 1 aliphatic rings. The van der Waals surface area contributed by atoms with E-state index >= 15 is 0 Å². The number of nitrogens with zero attached hydrogens (tertiary/aromatic N) is 4. The molecule has 4 N–H and O–H groups in total. The van der Waals surface area contributed by atoms with Crippen molar-refractivity contribution in [3.8, 4) is 12.3 Å². The van der Waals surface area contributed by atoms with Crippen LogP contribution >= 0.6 is 0 Å². The number of aliphatic hydroxyl groups excluding tert-OH is 2. The van der Waals surface area contributed by atoms with Gasteiger partial charge in [-0.2, -0.15) is 0 Å². The van der Waals surface area contributed by atoms with Crippen LogP contribution in [0.3, 0.4) is 0 Å². The zero-order chi connectivity index (χ0) is 17.8. The number of terminal acetylenes is 1. The second kappa shape index (κ2) is 7.43. The van der Waals surface area contributed by atoms with Crippen molar-refractivity contribution in [2.24, 2.45) is 0 Å². The molecule has 1 saturated heterocycles. The second-order valence-corrected chi connectivity index (χ2v) is 5.50. The van der Waals surface area contributed by atoms with E-state index in [-0.39, 0.29) is 25.6 Å². The predicted molar refractivity (Wildman–Crippen MR) is 87.3 cm³/mol. The number of aliphatic hydroxyl groups is 2. The molecule has 1 aliphatic heterocycles. The van der Waals surface area contributed by atoms with Gasteiger partial charge in [0, 0.05) is 6.42 Å². The van der Waals surface area contributed by atoms with Crippen molar-refractivity contribution >= 4 is 22.9 Å². The van der Waals surface area contributed by atoms with Crippen LogP contribution in [-0.4, -0.2) is 67.5 Å². The van der Waals surface area contributed by atoms with E-state index in [2.05, 4.69) is 31.5 Å². The van der Waals surface area contributed by atoms with Crippen LogP contribution in [-0.2, 0) is 9.53 Å². The van der Waals surface area contributed by atoms with Crippen LogP contribution in [0.25, 0.3) is 11.2 Å². The van der Waals surface area contributed by atoms with Crippen molar-refractivity contribution in [1.29, 1.82) is 0 Å². The number of anilines is 1. The van der Waals surface area contributed by atoms with Gasteiger partial charge in [-0.1, -0.05) is 5.92 Å². The molecule has 0 aromatic carbocycles. The van der Waals surface area contributed by atoms with Gasteiger partial charge in [-0.3, -0.25) is 9.36 Å². The summed E-state index contributed by atoms with van der Waals surface area (Å²) in [4.78, 5) is 24.2. The zero-order valence-corrected chi connectivity index (χ0v) is 13.3. The first-order chi connectivity index (χ1) is 12.1. The zero-order valence-electron chi connectivity index (χ0n) is 13.3. The van der Waals surface area contributed by atoms with Crippen molar-refractivity contribution in [2.45, 2.75) is 24.9 Å². The Kier molecular flexibility index (Phi) is 5.08. The fraction of sp³-hybridized carbons (Fsp3) is 0.467. The Hall–Kier alpha value is -2.74. The van der Waals surface area contributed by atoms with Gasteiger partial charge in [-0.15, -0.1) is 6.42 Å². The fourth-order valence-electron chi connectivity index (χ4n) is 2.62. The number of imidazole rings is 1. The van der Waals surface area contributed by atoms with Gasteiger partial charge in [0.05, 0.1) is 32.1 Å². The number of rotatable bonds is 6. The van der Waals surface area contributed by atoms with Gasteiger partial charge in [-0.25, -0.2) is 15.0 Å². The van der Waals surface area contributed by atoms with Gasteiger partial charge in [-0.05, 0) is 0 Å². The molecular weight excluding hydrogens is 328 g/mol. The Morgan fingerprint density at radius 2 is 2.32 bits per heavy atom. The van der Waals surface area contributed by atoms with Crippen LogP contribution in [0.5, 0.6) is 0 Å². The molecule has 2 aromatic rings. The predicted octanol–water partition coefficient (Wildman–Crippen LogP) is -1.37. The van der Waals surface area contributed by atoms with E-state index in [1.807, 2.05) is 0 Å². The normalized spacial score (nSPS) is 22.7. The number of hydrogen-bond donors (Lipinski definition) is 4. The molecule has 0 unspecified atom stereocenters. The van der Waals surface area contributed by atoms with Crippen molar-refractivity contribution < 1.29 is 19.7 Å².